The van der Waals surface area contributed by atoms with E-state index >= 15 is 0 Å². The van der Waals surface area contributed by atoms with Gasteiger partial charge in [0, 0.05) is 156 Å². The minimum absolute atomic E-state index is 0. The van der Waals surface area contributed by atoms with E-state index in [1.54, 1.807) is 62.8 Å². The molecule has 2 fully saturated rings. The molecule has 2 aliphatic heterocycles. The fraction of sp³-hybridized carbons (Fsp3) is 0.316. The number of nitrogen functional groups attached to an aromatic ring is 4. The van der Waals surface area contributed by atoms with E-state index in [0.717, 1.165) is 101 Å². The molecule has 4 aromatic carbocycles. The van der Waals surface area contributed by atoms with Gasteiger partial charge in [0.1, 0.15) is 5.69 Å². The SMILES string of the molecule is CN1CCNCC1.COC(=O)c1cn2ccnc(Cl)c2n1.COC(=O)c1cn2ccnc(N[C@H](C)c3cc(C)cc(N)c3)c2n1.Cc1cc(N)cc([C@@H](C)N)c1.Cc1cc(N)cc([C@@H](C)Nc2nccn3cc(C(=O)N4CCN(C)CC4)nc23)c1.Cc1cc(N)cc([C@@H](C)Nc2nccn3cc(C(=O)O)nc23)c1.[Li+].[OH-]. The maximum atomic E-state index is 12.9. The van der Waals surface area contributed by atoms with Crippen molar-refractivity contribution in [1.82, 2.24) is 77.5 Å². The molecular formula is C76H96ClLiN24O8. The number of imidazole rings is 4. The standard InChI is InChI=1S/C21H27N7O.C17H19N5O2.C16H17N5O2.C9H14N2.C8H6ClN3O2.C5H12N2.Li.H2O/c1-14-10-16(12-17(22)11-14)15(2)24-19-20-25-18(13-28(20)5-4-23-19)21(29)27-8-6-26(3)7-9-27;1-10-6-12(8-13(18)7-10)11(2)20-15-16-21-14(17(23)24-3)9-22(16)5-4-19-15;1-9-5-11(7-12(17)6-9)10(2)19-14-15-20-13(16(22)23)8-21(15)4-3-18-14;1-6-3-8(7(2)10)5-9(11)4-6;1-14-8(13)5-4-12-3-2-10-6(9)7(12)11-5;1-7-4-2-6-3-5-7;;/h4-5,10-13,15H,6-9,22H2,1-3H3,(H,23,24);4-9,11H,18H2,1-3H3,(H,19,20);3-8,10H,17H2,1-2H3,(H,18,19)(H,22,23);3-5,7H,10-11H2,1-2H3;2-4H,1H3;6H,2-5H2,1H3;;1H2/q;;;;;;+1;/p-1/t15-;11-;10-;7-;;;;/m1111..../s1. The summed E-state index contributed by atoms with van der Waals surface area (Å²) in [6.07, 6.45) is 19.7. The molecule has 0 radical (unpaired) electrons. The molecule has 4 atom stereocenters. The van der Waals surface area contributed by atoms with E-state index in [9.17, 15) is 19.2 Å². The first kappa shape index (κ1) is 85.8. The minimum Gasteiger partial charge on any atom is -0.870 e. The molecule has 0 bridgehead atoms. The third-order valence-corrected chi connectivity index (χ3v) is 17.7. The monoisotopic (exact) mass is 1510 g/mol. The Morgan fingerprint density at radius 3 is 1.14 bits per heavy atom. The molecule has 8 aromatic heterocycles. The van der Waals surface area contributed by atoms with Gasteiger partial charge in [-0.15, -0.1) is 0 Å². The van der Waals surface area contributed by atoms with Crippen molar-refractivity contribution in [2.24, 2.45) is 5.73 Å². The van der Waals surface area contributed by atoms with Crippen molar-refractivity contribution in [3.63, 3.8) is 0 Å². The number of benzene rings is 4. The number of anilines is 7. The second kappa shape index (κ2) is 39.6. The molecule has 10 heterocycles. The zero-order valence-corrected chi connectivity index (χ0v) is 64.9. The fourth-order valence-electron chi connectivity index (χ4n) is 11.8. The number of aryl methyl sites for hydroxylation is 4. The third-order valence-electron chi connectivity index (χ3n) is 17.4. The number of aromatic carboxylic acids is 1. The normalized spacial score (nSPS) is 13.7. The van der Waals surface area contributed by atoms with Crippen LogP contribution in [-0.4, -0.2) is 187 Å². The molecule has 2 saturated heterocycles. The number of carbonyl (C=O) groups is 4. The van der Waals surface area contributed by atoms with Crippen molar-refractivity contribution in [2.45, 2.75) is 79.6 Å². The molecule has 32 nitrogen and oxygen atoms in total. The molecule has 0 unspecified atom stereocenters. The number of halogens is 1. The second-order valence-corrected chi connectivity index (χ2v) is 26.9. The molecule has 110 heavy (non-hydrogen) atoms. The Hall–Kier alpha value is -11.5. The van der Waals surface area contributed by atoms with Crippen molar-refractivity contribution in [3.8, 4) is 0 Å². The second-order valence-electron chi connectivity index (χ2n) is 26.5. The first-order chi connectivity index (χ1) is 51.5. The van der Waals surface area contributed by atoms with Crippen molar-refractivity contribution >= 4 is 98.2 Å². The predicted molar refractivity (Wildman–Crippen MR) is 423 cm³/mol. The molecule has 34 heteroatoms. The van der Waals surface area contributed by atoms with E-state index in [1.807, 2.05) is 119 Å². The fourth-order valence-corrected chi connectivity index (χ4v) is 12.0. The smallest absolute Gasteiger partial charge is 0.870 e. The van der Waals surface area contributed by atoms with Crippen LogP contribution in [0.5, 0.6) is 0 Å². The summed E-state index contributed by atoms with van der Waals surface area (Å²) in [5.41, 5.74) is 43.8. The molecule has 14 rings (SSSR count). The number of amides is 1. The summed E-state index contributed by atoms with van der Waals surface area (Å²) in [6, 6.07) is 23.7. The van der Waals surface area contributed by atoms with Gasteiger partial charge in [0.15, 0.2) is 62.3 Å². The molecule has 1 amide bonds. The third kappa shape index (κ3) is 23.3. The Balaban J connectivity index is 0.000000191. The summed E-state index contributed by atoms with van der Waals surface area (Å²) in [6.45, 7) is 24.0. The Morgan fingerprint density at radius 2 is 0.791 bits per heavy atom. The van der Waals surface area contributed by atoms with Crippen LogP contribution in [0.3, 0.4) is 0 Å². The molecule has 0 saturated carbocycles. The zero-order chi connectivity index (χ0) is 78.0. The maximum absolute atomic E-state index is 12.9. The van der Waals surface area contributed by atoms with Crippen LogP contribution in [0.15, 0.2) is 147 Å². The van der Waals surface area contributed by atoms with Crippen LogP contribution in [0, 0.1) is 27.7 Å². The summed E-state index contributed by atoms with van der Waals surface area (Å²) < 4.78 is 16.1. The minimum atomic E-state index is -1.07. The maximum Gasteiger partial charge on any atom is 1.00 e. The van der Waals surface area contributed by atoms with E-state index in [0.29, 0.717) is 51.4 Å². The summed E-state index contributed by atoms with van der Waals surface area (Å²) in [5.74, 6) is -0.342. The Bertz CT molecular complexity index is 5030. The summed E-state index contributed by atoms with van der Waals surface area (Å²) in [5, 5.41) is 22.6. The molecular weight excluding hydrogens is 1420 g/mol. The number of aromatic nitrogens is 12. The van der Waals surface area contributed by atoms with Gasteiger partial charge in [0.2, 0.25) is 0 Å². The molecule has 2 aliphatic rings. The van der Waals surface area contributed by atoms with E-state index in [-0.39, 0.29) is 76.6 Å². The topological polar surface area (TPSA) is 446 Å². The number of fused-ring (bicyclic) bond motifs is 4. The molecule has 16 N–H and O–H groups in total. The number of nitrogens with one attached hydrogen (secondary N) is 4. The van der Waals surface area contributed by atoms with Crippen LogP contribution in [-0.2, 0) is 9.47 Å². The largest absolute Gasteiger partial charge is 1.00 e. The number of nitrogens with two attached hydrogens (primary N) is 5. The number of hydrogen-bond donors (Lipinski definition) is 10. The number of nitrogens with zero attached hydrogens (tertiary/aromatic N) is 15. The number of carbonyl (C=O) groups excluding carboxylic acids is 3. The Labute approximate surface area is 654 Å². The number of methoxy groups -OCH3 is 2. The first-order valence-electron chi connectivity index (χ1n) is 34.8. The number of piperazine rings is 2. The van der Waals surface area contributed by atoms with Gasteiger partial charge in [0.25, 0.3) is 5.91 Å². The van der Waals surface area contributed by atoms with Crippen LogP contribution in [0.2, 0.25) is 5.15 Å². The van der Waals surface area contributed by atoms with Crippen molar-refractivity contribution in [2.75, 3.05) is 120 Å². The van der Waals surface area contributed by atoms with E-state index in [4.69, 9.17) is 50.1 Å². The Kier molecular flexibility index (Phi) is 30.9. The summed E-state index contributed by atoms with van der Waals surface area (Å²) >= 11 is 5.77. The molecule has 12 aromatic rings. The number of carboxylic acids is 1. The zero-order valence-electron chi connectivity index (χ0n) is 64.1. The van der Waals surface area contributed by atoms with Gasteiger partial charge in [-0.3, -0.25) is 4.79 Å². The number of likely N-dealkylation sites (N-methyl/N-ethyl adjacent to an activating group) is 2. The van der Waals surface area contributed by atoms with Crippen LogP contribution < -0.4 is 68.8 Å². The van der Waals surface area contributed by atoms with Gasteiger partial charge in [-0.2, -0.15) is 0 Å². The van der Waals surface area contributed by atoms with Crippen molar-refractivity contribution < 1.29 is 58.1 Å². The van der Waals surface area contributed by atoms with Gasteiger partial charge in [0.05, 0.1) is 32.3 Å². The first-order valence-corrected chi connectivity index (χ1v) is 35.2. The average molecular weight is 1520 g/mol. The van der Waals surface area contributed by atoms with E-state index < -0.39 is 17.9 Å². The Morgan fingerprint density at radius 1 is 0.473 bits per heavy atom. The van der Waals surface area contributed by atoms with Crippen molar-refractivity contribution in [3.05, 3.63) is 220 Å². The van der Waals surface area contributed by atoms with Gasteiger partial charge < -0.3 is 102 Å². The average Bonchev–Trinajstić information content (AvgIpc) is 1.65. The van der Waals surface area contributed by atoms with E-state index in [1.165, 1.54) is 45.9 Å². The molecule has 576 valence electrons. The number of rotatable bonds is 14. The van der Waals surface area contributed by atoms with Crippen LogP contribution in [0.1, 0.15) is 138 Å². The predicted octanol–water partition coefficient (Wildman–Crippen LogP) is 6.37. The summed E-state index contributed by atoms with van der Waals surface area (Å²) in [4.78, 5) is 87.0. The number of hydrogen-bond acceptors (Lipinski definition) is 26. The number of carboxylic acid groups (broad SMARTS) is 1. The van der Waals surface area contributed by atoms with Crippen LogP contribution in [0.4, 0.5) is 40.2 Å². The van der Waals surface area contributed by atoms with Crippen LogP contribution >= 0.6 is 11.6 Å². The molecule has 0 spiro atoms. The van der Waals surface area contributed by atoms with E-state index in [2.05, 4.69) is 115 Å². The van der Waals surface area contributed by atoms with Crippen molar-refractivity contribution in [1.29, 1.82) is 0 Å². The molecule has 0 aliphatic carbocycles. The number of esters is 2. The number of ether oxygens (including phenoxy) is 2. The summed E-state index contributed by atoms with van der Waals surface area (Å²) in [7, 11) is 6.85. The van der Waals surface area contributed by atoms with Gasteiger partial charge in [-0.25, -0.2) is 54.3 Å². The van der Waals surface area contributed by atoms with Gasteiger partial charge >= 0.3 is 36.8 Å². The quantitative estimate of drug-likeness (QED) is 0.0321. The van der Waals surface area contributed by atoms with Gasteiger partial charge in [-0.1, -0.05) is 35.9 Å². The van der Waals surface area contributed by atoms with Crippen LogP contribution in [0.25, 0.3) is 22.6 Å². The van der Waals surface area contributed by atoms with Gasteiger partial charge in [-0.05, 0) is 163 Å².